The summed E-state index contributed by atoms with van der Waals surface area (Å²) in [5, 5.41) is 20.0. The first-order chi connectivity index (χ1) is 9.15. The number of anilines is 1. The molecule has 0 aliphatic carbocycles. The van der Waals surface area contributed by atoms with Gasteiger partial charge in [0.05, 0.1) is 10.7 Å². The molecule has 0 aliphatic rings. The number of thioether (sulfide) groups is 1. The standard InChI is InChI=1S/C10H9N5O3S/c16-9(5-19-10-11-6-12-14-10)13-7-2-1-3-8(4-7)15(17)18/h1-4,6H,5H2,(H,13,16)(H,11,12,14). The zero-order valence-corrected chi connectivity index (χ0v) is 10.4. The van der Waals surface area contributed by atoms with Crippen LogP contribution in [0.15, 0.2) is 35.7 Å². The third-order valence-electron chi connectivity index (χ3n) is 2.07. The van der Waals surface area contributed by atoms with Crippen LogP contribution in [0.25, 0.3) is 0 Å². The Morgan fingerprint density at radius 3 is 3.05 bits per heavy atom. The molecule has 0 unspecified atom stereocenters. The van der Waals surface area contributed by atoms with Gasteiger partial charge >= 0.3 is 0 Å². The maximum Gasteiger partial charge on any atom is 0.271 e. The smallest absolute Gasteiger partial charge is 0.271 e. The lowest BCUT2D eigenvalue weighted by Crippen LogP contribution is -2.14. The monoisotopic (exact) mass is 279 g/mol. The molecular weight excluding hydrogens is 270 g/mol. The van der Waals surface area contributed by atoms with Crippen LogP contribution in [0.1, 0.15) is 0 Å². The van der Waals surface area contributed by atoms with Crippen molar-refractivity contribution in [1.29, 1.82) is 0 Å². The molecule has 1 heterocycles. The third kappa shape index (κ3) is 3.78. The van der Waals surface area contributed by atoms with E-state index in [1.165, 1.54) is 36.3 Å². The Morgan fingerprint density at radius 2 is 2.37 bits per heavy atom. The van der Waals surface area contributed by atoms with E-state index in [0.29, 0.717) is 10.8 Å². The largest absolute Gasteiger partial charge is 0.325 e. The summed E-state index contributed by atoms with van der Waals surface area (Å²) in [6.07, 6.45) is 1.35. The summed E-state index contributed by atoms with van der Waals surface area (Å²) >= 11 is 1.19. The van der Waals surface area contributed by atoms with Gasteiger partial charge in [-0.3, -0.25) is 20.0 Å². The van der Waals surface area contributed by atoms with E-state index in [0.717, 1.165) is 0 Å². The number of nitrogens with zero attached hydrogens (tertiary/aromatic N) is 3. The lowest BCUT2D eigenvalue weighted by Gasteiger charge is -2.03. The summed E-state index contributed by atoms with van der Waals surface area (Å²) in [6, 6.07) is 5.76. The van der Waals surface area contributed by atoms with Gasteiger partial charge in [-0.05, 0) is 6.07 Å². The minimum absolute atomic E-state index is 0.0688. The van der Waals surface area contributed by atoms with Gasteiger partial charge in [0.1, 0.15) is 6.33 Å². The number of non-ortho nitro benzene ring substituents is 1. The van der Waals surface area contributed by atoms with Gasteiger partial charge in [0.2, 0.25) is 5.91 Å². The van der Waals surface area contributed by atoms with Crippen molar-refractivity contribution >= 4 is 29.0 Å². The fraction of sp³-hybridized carbons (Fsp3) is 0.100. The van der Waals surface area contributed by atoms with Gasteiger partial charge in [0.25, 0.3) is 5.69 Å². The van der Waals surface area contributed by atoms with E-state index < -0.39 is 4.92 Å². The number of nitro groups is 1. The van der Waals surface area contributed by atoms with Crippen LogP contribution in [-0.4, -0.2) is 31.8 Å². The molecule has 98 valence electrons. The van der Waals surface area contributed by atoms with Crippen LogP contribution in [0.3, 0.4) is 0 Å². The molecule has 1 aromatic heterocycles. The van der Waals surface area contributed by atoms with Crippen molar-refractivity contribution < 1.29 is 9.72 Å². The van der Waals surface area contributed by atoms with E-state index >= 15 is 0 Å². The van der Waals surface area contributed by atoms with Crippen LogP contribution < -0.4 is 5.32 Å². The number of nitro benzene ring substituents is 1. The predicted octanol–water partition coefficient (Wildman–Crippen LogP) is 1.44. The van der Waals surface area contributed by atoms with Crippen molar-refractivity contribution in [1.82, 2.24) is 15.2 Å². The molecule has 0 spiro atoms. The van der Waals surface area contributed by atoms with Crippen molar-refractivity contribution in [2.75, 3.05) is 11.1 Å². The molecule has 0 radical (unpaired) electrons. The lowest BCUT2D eigenvalue weighted by molar-refractivity contribution is -0.384. The fourth-order valence-corrected chi connectivity index (χ4v) is 1.87. The molecule has 0 atom stereocenters. The molecule has 19 heavy (non-hydrogen) atoms. The van der Waals surface area contributed by atoms with Crippen molar-refractivity contribution in [3.8, 4) is 0 Å². The van der Waals surface area contributed by atoms with Crippen molar-refractivity contribution in [2.45, 2.75) is 5.16 Å². The van der Waals surface area contributed by atoms with E-state index in [1.807, 2.05) is 0 Å². The minimum atomic E-state index is -0.515. The quantitative estimate of drug-likeness (QED) is 0.486. The highest BCUT2D eigenvalue weighted by Crippen LogP contribution is 2.18. The number of benzene rings is 1. The van der Waals surface area contributed by atoms with Gasteiger partial charge in [0, 0.05) is 17.8 Å². The van der Waals surface area contributed by atoms with Crippen molar-refractivity contribution in [2.24, 2.45) is 0 Å². The molecule has 9 heteroatoms. The lowest BCUT2D eigenvalue weighted by atomic mass is 10.3. The number of nitrogens with one attached hydrogen (secondary N) is 2. The van der Waals surface area contributed by atoms with E-state index in [9.17, 15) is 14.9 Å². The summed E-state index contributed by atoms with van der Waals surface area (Å²) in [5.41, 5.74) is 0.318. The van der Waals surface area contributed by atoms with E-state index in [1.54, 1.807) is 6.07 Å². The van der Waals surface area contributed by atoms with Gasteiger partial charge in [0.15, 0.2) is 5.16 Å². The number of amides is 1. The average Bonchev–Trinajstić information content (AvgIpc) is 2.90. The molecule has 0 fully saturated rings. The fourth-order valence-electron chi connectivity index (χ4n) is 1.29. The molecule has 0 bridgehead atoms. The molecule has 0 saturated heterocycles. The highest BCUT2D eigenvalue weighted by Gasteiger charge is 2.09. The highest BCUT2D eigenvalue weighted by molar-refractivity contribution is 7.99. The van der Waals surface area contributed by atoms with Gasteiger partial charge in [-0.2, -0.15) is 5.10 Å². The Balaban J connectivity index is 1.91. The molecule has 8 nitrogen and oxygen atoms in total. The minimum Gasteiger partial charge on any atom is -0.325 e. The number of carbonyl (C=O) groups excluding carboxylic acids is 1. The molecule has 2 rings (SSSR count). The number of hydrogen-bond donors (Lipinski definition) is 2. The molecule has 1 amide bonds. The van der Waals surface area contributed by atoms with Gasteiger partial charge < -0.3 is 5.32 Å². The summed E-state index contributed by atoms with van der Waals surface area (Å²) in [5.74, 6) is -0.139. The zero-order chi connectivity index (χ0) is 13.7. The van der Waals surface area contributed by atoms with Crippen LogP contribution in [0, 0.1) is 10.1 Å². The summed E-state index contributed by atoms with van der Waals surface area (Å²) < 4.78 is 0. The zero-order valence-electron chi connectivity index (χ0n) is 9.57. The first-order valence-electron chi connectivity index (χ1n) is 5.17. The van der Waals surface area contributed by atoms with E-state index in [-0.39, 0.29) is 17.3 Å². The normalized spacial score (nSPS) is 10.1. The van der Waals surface area contributed by atoms with E-state index in [4.69, 9.17) is 0 Å². The molecule has 2 aromatic rings. The molecule has 2 N–H and O–H groups in total. The summed E-state index contributed by atoms with van der Waals surface area (Å²) in [7, 11) is 0. The Kier molecular flexibility index (Phi) is 4.08. The second-order valence-electron chi connectivity index (χ2n) is 3.43. The van der Waals surface area contributed by atoms with Crippen LogP contribution in [0.2, 0.25) is 0 Å². The summed E-state index contributed by atoms with van der Waals surface area (Å²) in [4.78, 5) is 25.6. The van der Waals surface area contributed by atoms with Gasteiger partial charge in [-0.25, -0.2) is 4.98 Å². The van der Waals surface area contributed by atoms with Crippen LogP contribution >= 0.6 is 11.8 Å². The number of carbonyl (C=O) groups is 1. The summed E-state index contributed by atoms with van der Waals surface area (Å²) in [6.45, 7) is 0. The first kappa shape index (κ1) is 13.0. The topological polar surface area (TPSA) is 114 Å². The van der Waals surface area contributed by atoms with Gasteiger partial charge in [-0.1, -0.05) is 17.8 Å². The first-order valence-corrected chi connectivity index (χ1v) is 6.16. The van der Waals surface area contributed by atoms with Crippen molar-refractivity contribution in [3.63, 3.8) is 0 Å². The SMILES string of the molecule is O=C(CSc1ncn[nH]1)Nc1cccc([N+](=O)[O-])c1. The Morgan fingerprint density at radius 1 is 1.53 bits per heavy atom. The van der Waals surface area contributed by atoms with E-state index in [2.05, 4.69) is 20.5 Å². The van der Waals surface area contributed by atoms with Crippen molar-refractivity contribution in [3.05, 3.63) is 40.7 Å². The molecule has 1 aromatic carbocycles. The Hall–Kier alpha value is -2.42. The van der Waals surface area contributed by atoms with Crippen LogP contribution in [0.4, 0.5) is 11.4 Å². The Labute approximate surface area is 111 Å². The predicted molar refractivity (Wildman–Crippen MR) is 68.8 cm³/mol. The maximum absolute atomic E-state index is 11.6. The third-order valence-corrected chi connectivity index (χ3v) is 2.95. The number of H-pyrrole nitrogens is 1. The van der Waals surface area contributed by atoms with Gasteiger partial charge in [-0.15, -0.1) is 0 Å². The maximum atomic E-state index is 11.6. The molecular formula is C10H9N5O3S. The second kappa shape index (κ2) is 5.96. The van der Waals surface area contributed by atoms with Crippen LogP contribution in [0.5, 0.6) is 0 Å². The number of rotatable bonds is 5. The van der Waals surface area contributed by atoms with Crippen LogP contribution in [-0.2, 0) is 4.79 Å². The second-order valence-corrected chi connectivity index (χ2v) is 4.40. The molecule has 0 aliphatic heterocycles. The number of hydrogen-bond acceptors (Lipinski definition) is 6. The highest BCUT2D eigenvalue weighted by atomic mass is 32.2. The number of aromatic nitrogens is 3. The number of aromatic amines is 1. The average molecular weight is 279 g/mol. The molecule has 0 saturated carbocycles. The Bertz CT molecular complexity index is 587.